The lowest BCUT2D eigenvalue weighted by Gasteiger charge is -2.34. The van der Waals surface area contributed by atoms with Gasteiger partial charge >= 0.3 is 0 Å². The molecular weight excluding hydrogens is 324 g/mol. The van der Waals surface area contributed by atoms with Gasteiger partial charge in [-0.3, -0.25) is 9.69 Å². The van der Waals surface area contributed by atoms with Gasteiger partial charge in [-0.15, -0.1) is 0 Å². The molecule has 24 heavy (non-hydrogen) atoms. The maximum absolute atomic E-state index is 12.3. The standard InChI is InChI=1S/C18H21ClN4O/c1-14-12-15(19)5-6-16(14)21-18(24)13-22-8-10-23(11-9-22)17-4-2-3-7-20-17/h2-7,12H,8-11,13H2,1H3,(H,21,24). The summed E-state index contributed by atoms with van der Waals surface area (Å²) in [4.78, 5) is 21.1. The number of benzene rings is 1. The van der Waals surface area contributed by atoms with E-state index >= 15 is 0 Å². The highest BCUT2D eigenvalue weighted by atomic mass is 35.5. The highest BCUT2D eigenvalue weighted by Crippen LogP contribution is 2.19. The molecule has 2 aromatic rings. The van der Waals surface area contributed by atoms with Crippen molar-refractivity contribution in [3.63, 3.8) is 0 Å². The highest BCUT2D eigenvalue weighted by molar-refractivity contribution is 6.30. The zero-order chi connectivity index (χ0) is 16.9. The van der Waals surface area contributed by atoms with Gasteiger partial charge in [0, 0.05) is 43.1 Å². The molecule has 5 nitrogen and oxygen atoms in total. The largest absolute Gasteiger partial charge is 0.354 e. The molecule has 0 saturated carbocycles. The smallest absolute Gasteiger partial charge is 0.238 e. The molecule has 0 atom stereocenters. The van der Waals surface area contributed by atoms with Gasteiger partial charge in [-0.2, -0.15) is 0 Å². The summed E-state index contributed by atoms with van der Waals surface area (Å²) in [7, 11) is 0. The maximum atomic E-state index is 12.3. The van der Waals surface area contributed by atoms with Crippen LogP contribution in [0.2, 0.25) is 5.02 Å². The van der Waals surface area contributed by atoms with Crippen molar-refractivity contribution in [3.05, 3.63) is 53.2 Å². The lowest BCUT2D eigenvalue weighted by molar-refractivity contribution is -0.117. The van der Waals surface area contributed by atoms with E-state index in [1.54, 1.807) is 6.07 Å². The van der Waals surface area contributed by atoms with Crippen LogP contribution in [0.3, 0.4) is 0 Å². The third-order valence-corrected chi connectivity index (χ3v) is 4.41. The Hall–Kier alpha value is -2.11. The van der Waals surface area contributed by atoms with Gasteiger partial charge in [-0.05, 0) is 42.8 Å². The Morgan fingerprint density at radius 2 is 2.00 bits per heavy atom. The Labute approximate surface area is 147 Å². The number of piperazine rings is 1. The van der Waals surface area contributed by atoms with Crippen LogP contribution in [-0.2, 0) is 4.79 Å². The second-order valence-corrected chi connectivity index (χ2v) is 6.39. The van der Waals surface area contributed by atoms with Gasteiger partial charge in [0.05, 0.1) is 6.54 Å². The van der Waals surface area contributed by atoms with Crippen LogP contribution in [0.1, 0.15) is 5.56 Å². The van der Waals surface area contributed by atoms with Gasteiger partial charge < -0.3 is 10.2 Å². The molecule has 2 heterocycles. The molecule has 1 aromatic heterocycles. The number of hydrogen-bond acceptors (Lipinski definition) is 4. The number of anilines is 2. The molecule has 1 aliphatic rings. The van der Waals surface area contributed by atoms with E-state index in [4.69, 9.17) is 11.6 Å². The summed E-state index contributed by atoms with van der Waals surface area (Å²) in [5.74, 6) is 1.00. The van der Waals surface area contributed by atoms with E-state index in [1.807, 2.05) is 43.5 Å². The summed E-state index contributed by atoms with van der Waals surface area (Å²) in [5, 5.41) is 3.64. The van der Waals surface area contributed by atoms with E-state index in [2.05, 4.69) is 20.1 Å². The molecule has 1 amide bonds. The lowest BCUT2D eigenvalue weighted by atomic mass is 10.2. The number of nitrogens with one attached hydrogen (secondary N) is 1. The fourth-order valence-corrected chi connectivity index (χ4v) is 3.06. The first-order valence-electron chi connectivity index (χ1n) is 8.06. The summed E-state index contributed by atoms with van der Waals surface area (Å²) in [6.07, 6.45) is 1.81. The fraction of sp³-hybridized carbons (Fsp3) is 0.333. The highest BCUT2D eigenvalue weighted by Gasteiger charge is 2.19. The molecule has 1 aliphatic heterocycles. The Kier molecular flexibility index (Phi) is 5.33. The van der Waals surface area contributed by atoms with E-state index in [-0.39, 0.29) is 5.91 Å². The predicted molar refractivity (Wildman–Crippen MR) is 97.7 cm³/mol. The van der Waals surface area contributed by atoms with Crippen molar-refractivity contribution in [3.8, 4) is 0 Å². The molecule has 1 fully saturated rings. The minimum absolute atomic E-state index is 0.00621. The second-order valence-electron chi connectivity index (χ2n) is 5.96. The van der Waals surface area contributed by atoms with Crippen LogP contribution in [0.15, 0.2) is 42.6 Å². The molecule has 0 aliphatic carbocycles. The third kappa shape index (κ3) is 4.24. The third-order valence-electron chi connectivity index (χ3n) is 4.18. The van der Waals surface area contributed by atoms with Crippen LogP contribution >= 0.6 is 11.6 Å². The average Bonchev–Trinajstić information content (AvgIpc) is 2.59. The Bertz CT molecular complexity index is 699. The van der Waals surface area contributed by atoms with Crippen molar-refractivity contribution < 1.29 is 4.79 Å². The number of carbonyl (C=O) groups excluding carboxylic acids is 1. The van der Waals surface area contributed by atoms with Gasteiger partial charge in [0.25, 0.3) is 0 Å². The average molecular weight is 345 g/mol. The number of pyridine rings is 1. The van der Waals surface area contributed by atoms with Crippen molar-refractivity contribution in [1.29, 1.82) is 0 Å². The summed E-state index contributed by atoms with van der Waals surface area (Å²) in [6.45, 7) is 5.80. The zero-order valence-corrected chi connectivity index (χ0v) is 14.5. The summed E-state index contributed by atoms with van der Waals surface area (Å²) in [6, 6.07) is 11.4. The number of rotatable bonds is 4. The number of aryl methyl sites for hydroxylation is 1. The molecule has 0 radical (unpaired) electrons. The van der Waals surface area contributed by atoms with Gasteiger partial charge in [-0.25, -0.2) is 4.98 Å². The summed E-state index contributed by atoms with van der Waals surface area (Å²) in [5.41, 5.74) is 1.78. The fourth-order valence-electron chi connectivity index (χ4n) is 2.84. The van der Waals surface area contributed by atoms with Gasteiger partial charge in [-0.1, -0.05) is 17.7 Å². The van der Waals surface area contributed by atoms with E-state index in [0.717, 1.165) is 43.2 Å². The molecule has 0 spiro atoms. The van der Waals surface area contributed by atoms with E-state index < -0.39 is 0 Å². The van der Waals surface area contributed by atoms with Crippen molar-refractivity contribution in [2.24, 2.45) is 0 Å². The van der Waals surface area contributed by atoms with Crippen LogP contribution in [0, 0.1) is 6.92 Å². The monoisotopic (exact) mass is 344 g/mol. The number of halogens is 1. The van der Waals surface area contributed by atoms with Crippen molar-refractivity contribution in [1.82, 2.24) is 9.88 Å². The first-order valence-corrected chi connectivity index (χ1v) is 8.44. The number of amides is 1. The minimum Gasteiger partial charge on any atom is -0.354 e. The van der Waals surface area contributed by atoms with Crippen molar-refractivity contribution in [2.75, 3.05) is 42.9 Å². The van der Waals surface area contributed by atoms with Gasteiger partial charge in [0.1, 0.15) is 5.82 Å². The van der Waals surface area contributed by atoms with Crippen LogP contribution in [0.5, 0.6) is 0 Å². The van der Waals surface area contributed by atoms with Crippen LogP contribution in [0.25, 0.3) is 0 Å². The Morgan fingerprint density at radius 3 is 2.67 bits per heavy atom. The van der Waals surface area contributed by atoms with Crippen LogP contribution in [-0.4, -0.2) is 48.5 Å². The van der Waals surface area contributed by atoms with Crippen molar-refractivity contribution in [2.45, 2.75) is 6.92 Å². The lowest BCUT2D eigenvalue weighted by Crippen LogP contribution is -2.48. The molecule has 3 rings (SSSR count). The number of carbonyl (C=O) groups is 1. The molecule has 1 N–H and O–H groups in total. The van der Waals surface area contributed by atoms with Crippen LogP contribution < -0.4 is 10.2 Å². The van der Waals surface area contributed by atoms with E-state index in [1.165, 1.54) is 0 Å². The maximum Gasteiger partial charge on any atom is 0.238 e. The summed E-state index contributed by atoms with van der Waals surface area (Å²) >= 11 is 5.94. The molecule has 126 valence electrons. The molecular formula is C18H21ClN4O. The first-order chi connectivity index (χ1) is 11.6. The first kappa shape index (κ1) is 16.7. The number of aromatic nitrogens is 1. The van der Waals surface area contributed by atoms with Gasteiger partial charge in [0.2, 0.25) is 5.91 Å². The second kappa shape index (κ2) is 7.64. The normalized spacial score (nSPS) is 15.3. The summed E-state index contributed by atoms with van der Waals surface area (Å²) < 4.78 is 0. The van der Waals surface area contributed by atoms with E-state index in [0.29, 0.717) is 11.6 Å². The van der Waals surface area contributed by atoms with Crippen LogP contribution in [0.4, 0.5) is 11.5 Å². The Morgan fingerprint density at radius 1 is 1.21 bits per heavy atom. The topological polar surface area (TPSA) is 48.5 Å². The van der Waals surface area contributed by atoms with E-state index in [9.17, 15) is 4.79 Å². The Balaban J connectivity index is 1.50. The van der Waals surface area contributed by atoms with Crippen molar-refractivity contribution >= 4 is 29.0 Å². The van der Waals surface area contributed by atoms with Gasteiger partial charge in [0.15, 0.2) is 0 Å². The molecule has 1 saturated heterocycles. The minimum atomic E-state index is 0.00621. The molecule has 0 unspecified atom stereocenters. The SMILES string of the molecule is Cc1cc(Cl)ccc1NC(=O)CN1CCN(c2ccccn2)CC1. The molecule has 0 bridgehead atoms. The number of hydrogen-bond donors (Lipinski definition) is 1. The quantitative estimate of drug-likeness (QED) is 0.926. The predicted octanol–water partition coefficient (Wildman–Crippen LogP) is 2.80. The molecule has 6 heteroatoms. The molecule has 1 aromatic carbocycles. The number of nitrogens with zero attached hydrogens (tertiary/aromatic N) is 3. The zero-order valence-electron chi connectivity index (χ0n) is 13.7.